The topological polar surface area (TPSA) is 69.1 Å². The van der Waals surface area contributed by atoms with Crippen molar-refractivity contribution in [3.05, 3.63) is 0 Å². The fraction of sp³-hybridized carbons (Fsp3) is 0. The molecule has 0 fully saturated rings. The highest BCUT2D eigenvalue weighted by atomic mass is 32.1. The Morgan fingerprint density at radius 1 is 1.20 bits per heavy atom. The van der Waals surface area contributed by atoms with Gasteiger partial charge >= 0.3 is 11.6 Å². The predicted molar refractivity (Wildman–Crippen MR) is 25.0 cm³/mol. The van der Waals surface area contributed by atoms with Crippen LogP contribution in [0.5, 0.6) is 0 Å². The van der Waals surface area contributed by atoms with Crippen LogP contribution in [0.25, 0.3) is 0 Å². The third kappa shape index (κ3) is 466. The normalized spacial score (nSPS) is 2.40. The van der Waals surface area contributed by atoms with Gasteiger partial charge < -0.3 is 6.15 Å². The summed E-state index contributed by atoms with van der Waals surface area (Å²) >= 11 is -0.750. The first-order valence-corrected chi connectivity index (χ1v) is 1.00. The van der Waals surface area contributed by atoms with Crippen LogP contribution in [0.3, 0.4) is 0 Å². The Kier molecular flexibility index (Phi) is 112. The average molecular weight is 115 g/mol. The summed E-state index contributed by atoms with van der Waals surface area (Å²) in [5.74, 6) is 0. The molecule has 0 aliphatic carbocycles. The van der Waals surface area contributed by atoms with Gasteiger partial charge in [0.25, 0.3) is 0 Å². The summed E-state index contributed by atoms with van der Waals surface area (Å²) in [6.45, 7) is 0. The fourth-order valence-electron chi connectivity index (χ4n) is 0. The van der Waals surface area contributed by atoms with Crippen molar-refractivity contribution in [3.8, 4) is 0 Å². The van der Waals surface area contributed by atoms with Crippen molar-refractivity contribution in [2.45, 2.75) is 0 Å². The molecule has 5 heteroatoms. The van der Waals surface area contributed by atoms with E-state index in [-0.39, 0.29) is 16.0 Å². The van der Waals surface area contributed by atoms with Crippen LogP contribution in [0.15, 0.2) is 0 Å². The SMILES string of the molecule is N.O=S=O.P. The van der Waals surface area contributed by atoms with Crippen LogP contribution in [0.1, 0.15) is 0 Å². The van der Waals surface area contributed by atoms with Gasteiger partial charge in [-0.3, -0.25) is 0 Å². The Labute approximate surface area is 37.0 Å². The molecule has 0 amide bonds. The Balaban J connectivity index is -0.0000000200. The second-order valence-electron chi connectivity index (χ2n) is 0.0680. The Hall–Kier alpha value is 0.210. The van der Waals surface area contributed by atoms with Gasteiger partial charge in [0.2, 0.25) is 0 Å². The molecule has 0 saturated heterocycles. The number of hydrogen-bond donors (Lipinski definition) is 1. The van der Waals surface area contributed by atoms with E-state index in [1.807, 2.05) is 0 Å². The van der Waals surface area contributed by atoms with E-state index in [0.29, 0.717) is 0 Å². The summed E-state index contributed by atoms with van der Waals surface area (Å²) in [5, 5.41) is 0. The number of rotatable bonds is 0. The molecule has 1 atom stereocenters. The van der Waals surface area contributed by atoms with Crippen molar-refractivity contribution < 1.29 is 8.42 Å². The van der Waals surface area contributed by atoms with Crippen molar-refractivity contribution in [2.24, 2.45) is 0 Å². The van der Waals surface area contributed by atoms with E-state index in [1.54, 1.807) is 0 Å². The smallest absolute Gasteiger partial charge is 0.335 e. The van der Waals surface area contributed by atoms with Gasteiger partial charge in [0, 0.05) is 0 Å². The zero-order chi connectivity index (χ0) is 2.71. The fourth-order valence-corrected chi connectivity index (χ4v) is 0. The molecule has 0 radical (unpaired) electrons. The van der Waals surface area contributed by atoms with Crippen LogP contribution in [0.4, 0.5) is 0 Å². The zero-order valence-electron chi connectivity index (χ0n) is 2.64. The molecule has 5 heavy (non-hydrogen) atoms. The average Bonchev–Trinajstić information content (AvgIpc) is 0.918. The molecule has 0 heterocycles. The van der Waals surface area contributed by atoms with Gasteiger partial charge in [0.1, 0.15) is 0 Å². The van der Waals surface area contributed by atoms with E-state index in [1.165, 1.54) is 0 Å². The third-order valence-electron chi connectivity index (χ3n) is 0. The van der Waals surface area contributed by atoms with Crippen molar-refractivity contribution in [3.63, 3.8) is 0 Å². The van der Waals surface area contributed by atoms with E-state index in [2.05, 4.69) is 0 Å². The van der Waals surface area contributed by atoms with Crippen molar-refractivity contribution in [1.29, 1.82) is 0 Å². The van der Waals surface area contributed by atoms with Crippen molar-refractivity contribution in [2.75, 3.05) is 0 Å². The van der Waals surface area contributed by atoms with E-state index >= 15 is 0 Å². The van der Waals surface area contributed by atoms with Gasteiger partial charge in [0.15, 0.2) is 0 Å². The first-order valence-electron chi connectivity index (χ1n) is 0.333. The lowest BCUT2D eigenvalue weighted by Crippen LogP contribution is -1.18. The quantitative estimate of drug-likeness (QED) is 0.435. The maximum Gasteiger partial charge on any atom is 0.335 e. The van der Waals surface area contributed by atoms with E-state index in [0.717, 1.165) is 0 Å². The van der Waals surface area contributed by atoms with Crippen LogP contribution in [-0.4, -0.2) is 8.42 Å². The summed E-state index contributed by atoms with van der Waals surface area (Å²) in [6.07, 6.45) is 0. The van der Waals surface area contributed by atoms with Gasteiger partial charge in [-0.25, -0.2) is 0 Å². The highest BCUT2D eigenvalue weighted by Crippen LogP contribution is 0.861. The Bertz CT molecular complexity index is 30.6. The molecule has 0 rings (SSSR count). The molecule has 0 aromatic rings. The minimum Gasteiger partial charge on any atom is -0.344 e. The molecule has 0 aromatic heterocycles. The molecule has 34 valence electrons. The van der Waals surface area contributed by atoms with Crippen molar-refractivity contribution in [1.82, 2.24) is 6.15 Å². The van der Waals surface area contributed by atoms with E-state index in [4.69, 9.17) is 8.42 Å². The summed E-state index contributed by atoms with van der Waals surface area (Å²) < 4.78 is 16.6. The Morgan fingerprint density at radius 3 is 1.20 bits per heavy atom. The third-order valence-corrected chi connectivity index (χ3v) is 0. The minimum absolute atomic E-state index is 0. The molecule has 0 aliphatic rings. The van der Waals surface area contributed by atoms with Crippen LogP contribution in [0.2, 0.25) is 0 Å². The van der Waals surface area contributed by atoms with Crippen LogP contribution in [0, 0.1) is 0 Å². The monoisotopic (exact) mass is 115 g/mol. The summed E-state index contributed by atoms with van der Waals surface area (Å²) in [7, 11) is 0. The number of hydrogen-bond acceptors (Lipinski definition) is 3. The largest absolute Gasteiger partial charge is 0.344 e. The molecular formula is H6NO2PS. The predicted octanol–water partition coefficient (Wildman–Crippen LogP) is -0.450. The molecule has 1 unspecified atom stereocenters. The van der Waals surface area contributed by atoms with E-state index < -0.39 is 11.6 Å². The first kappa shape index (κ1) is 18.9. The van der Waals surface area contributed by atoms with Gasteiger partial charge in [0.05, 0.1) is 0 Å². The molecular weight excluding hydrogens is 109 g/mol. The summed E-state index contributed by atoms with van der Waals surface area (Å²) in [6, 6.07) is 0. The highest BCUT2D eigenvalue weighted by molar-refractivity contribution is 7.51. The highest BCUT2D eigenvalue weighted by Gasteiger charge is 1.12. The lowest BCUT2D eigenvalue weighted by molar-refractivity contribution is 0.630. The Morgan fingerprint density at radius 2 is 1.20 bits per heavy atom. The van der Waals surface area contributed by atoms with Crippen LogP contribution >= 0.6 is 9.90 Å². The minimum atomic E-state index is -0.750. The maximum absolute atomic E-state index is 8.29. The molecule has 3 N–H and O–H groups in total. The first-order chi connectivity index (χ1) is 1.41. The van der Waals surface area contributed by atoms with Crippen molar-refractivity contribution >= 4 is 21.5 Å². The summed E-state index contributed by atoms with van der Waals surface area (Å²) in [5.41, 5.74) is 0. The van der Waals surface area contributed by atoms with Gasteiger partial charge in [-0.1, -0.05) is 0 Å². The second-order valence-corrected chi connectivity index (χ2v) is 0.204. The van der Waals surface area contributed by atoms with Crippen LogP contribution < -0.4 is 6.15 Å². The molecule has 0 spiro atoms. The lowest BCUT2D eigenvalue weighted by atomic mass is 14.0. The summed E-state index contributed by atoms with van der Waals surface area (Å²) in [4.78, 5) is 0. The van der Waals surface area contributed by atoms with Gasteiger partial charge in [-0.15, -0.1) is 0 Å². The van der Waals surface area contributed by atoms with Crippen LogP contribution in [-0.2, 0) is 11.6 Å². The van der Waals surface area contributed by atoms with Gasteiger partial charge in [-0.2, -0.15) is 18.3 Å². The molecule has 3 nitrogen and oxygen atoms in total. The lowest BCUT2D eigenvalue weighted by Gasteiger charge is -0.947. The molecule has 0 aromatic carbocycles. The molecule has 0 aliphatic heterocycles. The maximum atomic E-state index is 8.29. The van der Waals surface area contributed by atoms with Gasteiger partial charge in [-0.05, 0) is 0 Å². The van der Waals surface area contributed by atoms with E-state index in [9.17, 15) is 0 Å². The molecule has 0 saturated carbocycles. The zero-order valence-corrected chi connectivity index (χ0v) is 4.87. The molecule has 0 bridgehead atoms. The second kappa shape index (κ2) is 29.6. The standard InChI is InChI=1S/H3N.O2S.H3P/c;1-3-2;/h1H3;;1H3.